The molecule has 1 saturated heterocycles. The first-order valence-electron chi connectivity index (χ1n) is 5.00. The van der Waals surface area contributed by atoms with Crippen molar-refractivity contribution >= 4 is 31.4 Å². The normalized spacial score (nSPS) is 52.5. The van der Waals surface area contributed by atoms with Crippen LogP contribution in [0.3, 0.4) is 0 Å². The maximum atomic E-state index is 3.88. The van der Waals surface area contributed by atoms with Crippen LogP contribution in [0.15, 0.2) is 12.7 Å². The molecule has 3 aliphatic rings. The monoisotopic (exact) mass is 230 g/mol. The third-order valence-electron chi connectivity index (χ3n) is 3.77. The van der Waals surface area contributed by atoms with Gasteiger partial charge in [-0.1, -0.05) is 27.7 Å². The molecule has 2 saturated carbocycles. The minimum Gasteiger partial charge on any atom is -0.103 e. The van der Waals surface area contributed by atoms with Gasteiger partial charge in [-0.15, -0.1) is 6.58 Å². The summed E-state index contributed by atoms with van der Waals surface area (Å²) in [6, 6.07) is 0. The minimum atomic E-state index is 0.982. The Morgan fingerprint density at radius 3 is 2.92 bits per heavy atom. The second-order valence-electron chi connectivity index (χ2n) is 4.37. The Morgan fingerprint density at radius 2 is 2.08 bits per heavy atom. The van der Waals surface area contributed by atoms with E-state index in [1.54, 1.807) is 0 Å². The largest absolute Gasteiger partial charge is 0.103 e. The van der Waals surface area contributed by atoms with E-state index in [1.807, 2.05) is 9.83 Å². The lowest BCUT2D eigenvalue weighted by Gasteiger charge is -2.28. The van der Waals surface area contributed by atoms with E-state index >= 15 is 0 Å². The molecule has 0 aromatic carbocycles. The molecule has 0 aromatic rings. The fourth-order valence-corrected chi connectivity index (χ4v) is 10.1. The first-order chi connectivity index (χ1) is 6.40. The Hall–Kier alpha value is 0.790. The van der Waals surface area contributed by atoms with E-state index in [0.717, 1.165) is 28.3 Å². The predicted octanol–water partition coefficient (Wildman–Crippen LogP) is 4.00. The number of hydrogen-bond acceptors (Lipinski definition) is 3. The standard InChI is InChI=1S/C10H14S3/c1-2-3-6-4-7-5-8(6)10-9(7)11-13-12-10/h2,6-10H,1,3-5H2/t6?,7-,8-,9+,10-/m0/s1. The second kappa shape index (κ2) is 3.42. The highest BCUT2D eigenvalue weighted by Crippen LogP contribution is 2.67. The molecule has 0 radical (unpaired) electrons. The van der Waals surface area contributed by atoms with Gasteiger partial charge in [0.1, 0.15) is 0 Å². The van der Waals surface area contributed by atoms with E-state index < -0.39 is 0 Å². The minimum absolute atomic E-state index is 0.982. The summed E-state index contributed by atoms with van der Waals surface area (Å²) in [5.41, 5.74) is 0. The first-order valence-corrected chi connectivity index (χ1v) is 8.61. The SMILES string of the molecule is C=CCC1C[C@H]2C[C@@H]1[C@@H]1SSS[C@H]21. The molecule has 1 aliphatic heterocycles. The molecule has 13 heavy (non-hydrogen) atoms. The zero-order valence-electron chi connectivity index (χ0n) is 7.52. The molecule has 2 bridgehead atoms. The molecule has 1 unspecified atom stereocenters. The molecule has 0 spiro atoms. The van der Waals surface area contributed by atoms with Crippen molar-refractivity contribution in [3.63, 3.8) is 0 Å². The van der Waals surface area contributed by atoms with Crippen LogP contribution in [-0.2, 0) is 0 Å². The van der Waals surface area contributed by atoms with Crippen molar-refractivity contribution in [2.45, 2.75) is 29.8 Å². The smallest absolute Gasteiger partial charge is 0.0321 e. The van der Waals surface area contributed by atoms with Gasteiger partial charge in [-0.3, -0.25) is 0 Å². The third kappa shape index (κ3) is 1.30. The summed E-state index contributed by atoms with van der Waals surface area (Å²) in [5.74, 6) is 3.06. The van der Waals surface area contributed by atoms with Gasteiger partial charge in [0.05, 0.1) is 0 Å². The maximum absolute atomic E-state index is 3.88. The quantitative estimate of drug-likeness (QED) is 0.520. The van der Waals surface area contributed by atoms with Gasteiger partial charge in [0.25, 0.3) is 0 Å². The van der Waals surface area contributed by atoms with Gasteiger partial charge >= 0.3 is 0 Å². The first kappa shape index (κ1) is 9.05. The number of hydrogen-bond donors (Lipinski definition) is 0. The fraction of sp³-hybridized carbons (Fsp3) is 0.800. The van der Waals surface area contributed by atoms with E-state index in [9.17, 15) is 0 Å². The summed E-state index contributed by atoms with van der Waals surface area (Å²) >= 11 is 0. The van der Waals surface area contributed by atoms with Crippen LogP contribution < -0.4 is 0 Å². The van der Waals surface area contributed by atoms with Crippen LogP contribution in [0.2, 0.25) is 0 Å². The van der Waals surface area contributed by atoms with Crippen molar-refractivity contribution < 1.29 is 0 Å². The molecule has 0 aromatic heterocycles. The number of rotatable bonds is 2. The van der Waals surface area contributed by atoms with Crippen LogP contribution in [0.25, 0.3) is 0 Å². The maximum Gasteiger partial charge on any atom is 0.0321 e. The van der Waals surface area contributed by atoms with E-state index in [2.05, 4.69) is 34.2 Å². The molecule has 0 N–H and O–H groups in total. The van der Waals surface area contributed by atoms with Gasteiger partial charge in [0.2, 0.25) is 0 Å². The van der Waals surface area contributed by atoms with Gasteiger partial charge < -0.3 is 0 Å². The highest BCUT2D eigenvalue weighted by atomic mass is 33.5. The second-order valence-corrected chi connectivity index (χ2v) is 8.77. The molecule has 3 heteroatoms. The van der Waals surface area contributed by atoms with Gasteiger partial charge in [0, 0.05) is 10.5 Å². The van der Waals surface area contributed by atoms with Crippen molar-refractivity contribution in [2.75, 3.05) is 0 Å². The lowest BCUT2D eigenvalue weighted by Crippen LogP contribution is -2.29. The Balaban J connectivity index is 1.77. The zero-order chi connectivity index (χ0) is 8.84. The van der Waals surface area contributed by atoms with Crippen molar-refractivity contribution in [1.82, 2.24) is 0 Å². The van der Waals surface area contributed by atoms with Crippen molar-refractivity contribution in [1.29, 1.82) is 0 Å². The van der Waals surface area contributed by atoms with Crippen molar-refractivity contribution in [3.05, 3.63) is 12.7 Å². The van der Waals surface area contributed by atoms with Gasteiger partial charge in [-0.05, 0) is 46.8 Å². The van der Waals surface area contributed by atoms with E-state index in [0.29, 0.717) is 0 Å². The fourth-order valence-electron chi connectivity index (χ4n) is 3.24. The Bertz CT molecular complexity index is 228. The van der Waals surface area contributed by atoms with E-state index in [-0.39, 0.29) is 0 Å². The third-order valence-corrected chi connectivity index (χ3v) is 9.08. The van der Waals surface area contributed by atoms with Crippen molar-refractivity contribution in [2.24, 2.45) is 17.8 Å². The Morgan fingerprint density at radius 1 is 1.23 bits per heavy atom. The van der Waals surface area contributed by atoms with Crippen molar-refractivity contribution in [3.8, 4) is 0 Å². The molecule has 5 atom stereocenters. The summed E-state index contributed by atoms with van der Waals surface area (Å²) in [6.45, 7) is 3.88. The summed E-state index contributed by atoms with van der Waals surface area (Å²) in [7, 11) is 6.34. The molecular weight excluding hydrogens is 216 g/mol. The molecule has 0 amide bonds. The Labute approximate surface area is 91.5 Å². The highest BCUT2D eigenvalue weighted by Gasteiger charge is 2.55. The average molecular weight is 230 g/mol. The van der Waals surface area contributed by atoms with Crippen LogP contribution in [0.1, 0.15) is 19.3 Å². The highest BCUT2D eigenvalue weighted by molar-refractivity contribution is 9.11. The molecule has 72 valence electrons. The number of fused-ring (bicyclic) bond motifs is 5. The topological polar surface area (TPSA) is 0 Å². The Kier molecular flexibility index (Phi) is 2.38. The summed E-state index contributed by atoms with van der Waals surface area (Å²) in [5, 5.41) is 1.99. The zero-order valence-corrected chi connectivity index (χ0v) is 9.97. The van der Waals surface area contributed by atoms with Gasteiger partial charge in [-0.2, -0.15) is 0 Å². The van der Waals surface area contributed by atoms with Crippen LogP contribution in [0.4, 0.5) is 0 Å². The predicted molar refractivity (Wildman–Crippen MR) is 64.9 cm³/mol. The molecule has 3 rings (SSSR count). The summed E-state index contributed by atoms with van der Waals surface area (Å²) in [6.07, 6.45) is 6.40. The molecule has 2 aliphatic carbocycles. The summed E-state index contributed by atoms with van der Waals surface area (Å²) in [4.78, 5) is 0. The lowest BCUT2D eigenvalue weighted by molar-refractivity contribution is 0.353. The molecule has 0 nitrogen and oxygen atoms in total. The average Bonchev–Trinajstić information content (AvgIpc) is 2.72. The van der Waals surface area contributed by atoms with Crippen LogP contribution >= 0.6 is 31.4 Å². The summed E-state index contributed by atoms with van der Waals surface area (Å²) < 4.78 is 0. The lowest BCUT2D eigenvalue weighted by atomic mass is 9.86. The van der Waals surface area contributed by atoms with Crippen LogP contribution in [0.5, 0.6) is 0 Å². The van der Waals surface area contributed by atoms with Crippen LogP contribution in [-0.4, -0.2) is 10.5 Å². The van der Waals surface area contributed by atoms with E-state index in [4.69, 9.17) is 0 Å². The number of allylic oxidation sites excluding steroid dienone is 1. The molecule has 1 heterocycles. The van der Waals surface area contributed by atoms with Gasteiger partial charge in [0.15, 0.2) is 0 Å². The van der Waals surface area contributed by atoms with Crippen LogP contribution in [0, 0.1) is 17.8 Å². The molecular formula is C10H14S3. The molecule has 3 fully saturated rings. The van der Waals surface area contributed by atoms with Gasteiger partial charge in [-0.25, -0.2) is 0 Å². The van der Waals surface area contributed by atoms with E-state index in [1.165, 1.54) is 19.3 Å².